The first kappa shape index (κ1) is 29.1. The van der Waals surface area contributed by atoms with E-state index in [4.69, 9.17) is 9.97 Å². The summed E-state index contributed by atoms with van der Waals surface area (Å²) in [7, 11) is 0. The van der Waals surface area contributed by atoms with Crippen molar-refractivity contribution >= 4 is 43.5 Å². The Labute approximate surface area is 295 Å². The molecule has 0 fully saturated rings. The molecule has 0 N–H and O–H groups in total. The minimum Gasteiger partial charge on any atom is -0.277 e. The third-order valence-corrected chi connectivity index (χ3v) is 10.0. The van der Waals surface area contributed by atoms with Crippen LogP contribution >= 0.6 is 0 Å². The molecule has 0 amide bonds. The number of pyridine rings is 1. The molecule has 0 radical (unpaired) electrons. The van der Waals surface area contributed by atoms with Crippen LogP contribution in [-0.2, 0) is 0 Å². The van der Waals surface area contributed by atoms with Crippen LogP contribution in [0.25, 0.3) is 93.9 Å². The second-order valence-electron chi connectivity index (χ2n) is 13.0. The molecule has 0 aliphatic rings. The van der Waals surface area contributed by atoms with E-state index in [0.29, 0.717) is 0 Å². The van der Waals surface area contributed by atoms with Crippen LogP contribution in [0.4, 0.5) is 0 Å². The van der Waals surface area contributed by atoms with Crippen LogP contribution in [0.5, 0.6) is 0 Å². The molecule has 0 saturated heterocycles. The molecule has 0 aliphatic heterocycles. The predicted octanol–water partition coefficient (Wildman–Crippen LogP) is 12.5. The van der Waals surface area contributed by atoms with Crippen molar-refractivity contribution in [1.29, 1.82) is 0 Å². The van der Waals surface area contributed by atoms with Crippen LogP contribution in [0.3, 0.4) is 0 Å². The van der Waals surface area contributed by atoms with Gasteiger partial charge in [0.2, 0.25) is 0 Å². The quantitative estimate of drug-likeness (QED) is 0.174. The van der Waals surface area contributed by atoms with E-state index in [1.807, 2.05) is 18.3 Å². The molecule has 0 unspecified atom stereocenters. The SMILES string of the molecule is c1ccc(-c2ccnc3c2nc(-c2ccc(-c4c5ccccc5c(-c5ccc6ccccc6c5)c5ccccc45)cc2)n3-c2ccccc2)cc1. The summed E-state index contributed by atoms with van der Waals surface area (Å²) in [5.41, 5.74) is 10.9. The fourth-order valence-corrected chi connectivity index (χ4v) is 7.72. The van der Waals surface area contributed by atoms with Crippen molar-refractivity contribution in [3.05, 3.63) is 188 Å². The normalized spacial score (nSPS) is 11.5. The highest BCUT2D eigenvalue weighted by Gasteiger charge is 2.20. The number of hydrogen-bond acceptors (Lipinski definition) is 2. The van der Waals surface area contributed by atoms with Crippen LogP contribution in [0.15, 0.2) is 188 Å². The second kappa shape index (κ2) is 11.9. The fraction of sp³-hybridized carbons (Fsp3) is 0. The Morgan fingerprint density at radius 2 is 0.922 bits per heavy atom. The molecule has 2 aromatic heterocycles. The molecule has 0 aliphatic carbocycles. The van der Waals surface area contributed by atoms with Gasteiger partial charge in [-0.3, -0.25) is 4.57 Å². The van der Waals surface area contributed by atoms with Crippen molar-refractivity contribution in [1.82, 2.24) is 14.5 Å². The van der Waals surface area contributed by atoms with Gasteiger partial charge in [-0.25, -0.2) is 9.97 Å². The van der Waals surface area contributed by atoms with E-state index in [1.165, 1.54) is 54.6 Å². The summed E-state index contributed by atoms with van der Waals surface area (Å²) in [4.78, 5) is 10.2. The minimum atomic E-state index is 0.836. The average molecular weight is 650 g/mol. The number of rotatable bonds is 5. The number of nitrogens with zero attached hydrogens (tertiary/aromatic N) is 3. The standard InChI is InChI=1S/C48H31N3/c1-3-14-33(15-4-1)39-29-30-49-48-46(39)50-47(51(48)38-17-5-2-6-18-38)35-26-24-34(25-27-35)44-40-19-9-11-21-42(40)45(43-22-12-10-20-41(43)44)37-28-23-32-13-7-8-16-36(32)31-37/h1-31H. The van der Waals surface area contributed by atoms with Crippen molar-refractivity contribution in [2.45, 2.75) is 0 Å². The van der Waals surface area contributed by atoms with Crippen molar-refractivity contribution in [2.75, 3.05) is 0 Å². The molecule has 10 aromatic rings. The van der Waals surface area contributed by atoms with Gasteiger partial charge in [0.25, 0.3) is 0 Å². The lowest BCUT2D eigenvalue weighted by Gasteiger charge is -2.18. The molecule has 8 aromatic carbocycles. The van der Waals surface area contributed by atoms with Crippen molar-refractivity contribution in [3.8, 4) is 50.5 Å². The van der Waals surface area contributed by atoms with Gasteiger partial charge in [-0.2, -0.15) is 0 Å². The van der Waals surface area contributed by atoms with E-state index in [9.17, 15) is 0 Å². The maximum absolute atomic E-state index is 5.31. The molecule has 2 heterocycles. The predicted molar refractivity (Wildman–Crippen MR) is 213 cm³/mol. The maximum Gasteiger partial charge on any atom is 0.165 e. The number of benzene rings is 8. The van der Waals surface area contributed by atoms with Crippen molar-refractivity contribution in [2.24, 2.45) is 0 Å². The van der Waals surface area contributed by atoms with E-state index >= 15 is 0 Å². The van der Waals surface area contributed by atoms with E-state index in [2.05, 4.69) is 174 Å². The van der Waals surface area contributed by atoms with E-state index in [-0.39, 0.29) is 0 Å². The number of hydrogen-bond donors (Lipinski definition) is 0. The van der Waals surface area contributed by atoms with Gasteiger partial charge in [-0.15, -0.1) is 0 Å². The first-order valence-corrected chi connectivity index (χ1v) is 17.3. The molecule has 51 heavy (non-hydrogen) atoms. The molecule has 0 spiro atoms. The Kier molecular flexibility index (Phi) is 6.81. The molecular formula is C48H31N3. The Morgan fingerprint density at radius 3 is 1.59 bits per heavy atom. The molecule has 10 rings (SSSR count). The zero-order valence-electron chi connectivity index (χ0n) is 27.7. The largest absolute Gasteiger partial charge is 0.277 e. The molecule has 3 nitrogen and oxygen atoms in total. The van der Waals surface area contributed by atoms with Crippen molar-refractivity contribution < 1.29 is 0 Å². The highest BCUT2D eigenvalue weighted by molar-refractivity contribution is 6.21. The topological polar surface area (TPSA) is 30.7 Å². The summed E-state index contributed by atoms with van der Waals surface area (Å²) in [5.74, 6) is 0.861. The highest BCUT2D eigenvalue weighted by atomic mass is 15.1. The second-order valence-corrected chi connectivity index (χ2v) is 13.0. The molecule has 3 heteroatoms. The minimum absolute atomic E-state index is 0.836. The molecule has 0 bridgehead atoms. The molecule has 0 atom stereocenters. The van der Waals surface area contributed by atoms with Gasteiger partial charge in [0.05, 0.1) is 0 Å². The first-order chi connectivity index (χ1) is 25.3. The van der Waals surface area contributed by atoms with Gasteiger partial charge in [-0.05, 0) is 84.4 Å². The van der Waals surface area contributed by atoms with E-state index < -0.39 is 0 Å². The third kappa shape index (κ3) is 4.82. The van der Waals surface area contributed by atoms with Gasteiger partial charge in [0.15, 0.2) is 5.65 Å². The van der Waals surface area contributed by atoms with E-state index in [0.717, 1.165) is 39.4 Å². The summed E-state index contributed by atoms with van der Waals surface area (Å²) >= 11 is 0. The lowest BCUT2D eigenvalue weighted by Crippen LogP contribution is -1.98. The third-order valence-electron chi connectivity index (χ3n) is 10.0. The number of fused-ring (bicyclic) bond motifs is 4. The summed E-state index contributed by atoms with van der Waals surface area (Å²) in [6, 6.07) is 64.9. The Bertz CT molecular complexity index is 2830. The van der Waals surface area contributed by atoms with Gasteiger partial charge in [0, 0.05) is 23.0 Å². The number of aromatic nitrogens is 3. The zero-order valence-corrected chi connectivity index (χ0v) is 27.7. The van der Waals surface area contributed by atoms with Gasteiger partial charge < -0.3 is 0 Å². The first-order valence-electron chi connectivity index (χ1n) is 17.3. The summed E-state index contributed by atoms with van der Waals surface area (Å²) in [5, 5.41) is 7.46. The van der Waals surface area contributed by atoms with Crippen LogP contribution < -0.4 is 0 Å². The summed E-state index contributed by atoms with van der Waals surface area (Å²) in [6.07, 6.45) is 1.89. The highest BCUT2D eigenvalue weighted by Crippen LogP contribution is 2.44. The zero-order chi connectivity index (χ0) is 33.7. The number of imidazole rings is 1. The van der Waals surface area contributed by atoms with Crippen molar-refractivity contribution in [3.63, 3.8) is 0 Å². The van der Waals surface area contributed by atoms with Crippen LogP contribution in [0.2, 0.25) is 0 Å². The average Bonchev–Trinajstić information content (AvgIpc) is 3.60. The van der Waals surface area contributed by atoms with Crippen LogP contribution in [0.1, 0.15) is 0 Å². The van der Waals surface area contributed by atoms with Gasteiger partial charge >= 0.3 is 0 Å². The number of para-hydroxylation sites is 1. The maximum atomic E-state index is 5.31. The summed E-state index contributed by atoms with van der Waals surface area (Å²) < 4.78 is 2.18. The monoisotopic (exact) mass is 649 g/mol. The summed E-state index contributed by atoms with van der Waals surface area (Å²) in [6.45, 7) is 0. The van der Waals surface area contributed by atoms with Crippen LogP contribution in [-0.4, -0.2) is 14.5 Å². The lowest BCUT2D eigenvalue weighted by molar-refractivity contribution is 1.08. The molecule has 238 valence electrons. The van der Waals surface area contributed by atoms with Gasteiger partial charge in [0.1, 0.15) is 11.3 Å². The smallest absolute Gasteiger partial charge is 0.165 e. The lowest BCUT2D eigenvalue weighted by atomic mass is 9.85. The molecule has 0 saturated carbocycles. The van der Waals surface area contributed by atoms with E-state index in [1.54, 1.807) is 0 Å². The van der Waals surface area contributed by atoms with Gasteiger partial charge in [-0.1, -0.05) is 158 Å². The molecular weight excluding hydrogens is 619 g/mol. The van der Waals surface area contributed by atoms with Crippen LogP contribution in [0, 0.1) is 0 Å². The Balaban J connectivity index is 1.17. The fourth-order valence-electron chi connectivity index (χ4n) is 7.72. The Hall–Kier alpha value is -6.84. The Morgan fingerprint density at radius 1 is 0.392 bits per heavy atom.